The third kappa shape index (κ3) is 5.63. The minimum atomic E-state index is -1.32. The summed E-state index contributed by atoms with van der Waals surface area (Å²) in [5, 5.41) is 37.8. The maximum Gasteiger partial charge on any atom is 0.158 e. The van der Waals surface area contributed by atoms with Crippen molar-refractivity contribution in [2.24, 2.45) is 0 Å². The Morgan fingerprint density at radius 1 is 1.15 bits per heavy atom. The van der Waals surface area contributed by atoms with Crippen LogP contribution in [0.3, 0.4) is 0 Å². The lowest BCUT2D eigenvalue weighted by Crippen LogP contribution is -2.54. The molecule has 6 heteroatoms. The van der Waals surface area contributed by atoms with E-state index >= 15 is 0 Å². The monoisotopic (exact) mass is 292 g/mol. The minimum absolute atomic E-state index is 0.0690. The van der Waals surface area contributed by atoms with Gasteiger partial charge >= 0.3 is 0 Å². The summed E-state index contributed by atoms with van der Waals surface area (Å²) in [5.41, 5.74) is 0. The van der Waals surface area contributed by atoms with E-state index in [0.29, 0.717) is 6.42 Å². The number of ether oxygens (including phenoxy) is 2. The van der Waals surface area contributed by atoms with E-state index in [9.17, 15) is 15.3 Å². The van der Waals surface area contributed by atoms with E-state index in [1.807, 2.05) is 0 Å². The quantitative estimate of drug-likeness (QED) is 0.452. The molecule has 1 saturated heterocycles. The summed E-state index contributed by atoms with van der Waals surface area (Å²) in [6.45, 7) is 1.66. The van der Waals surface area contributed by atoms with Gasteiger partial charge < -0.3 is 29.9 Å². The Hall–Kier alpha value is -0.240. The summed E-state index contributed by atoms with van der Waals surface area (Å²) < 4.78 is 10.9. The number of aliphatic hydroxyl groups is 4. The second kappa shape index (κ2) is 9.65. The van der Waals surface area contributed by atoms with Crippen LogP contribution >= 0.6 is 0 Å². The van der Waals surface area contributed by atoms with Crippen LogP contribution in [-0.2, 0) is 9.47 Å². The van der Waals surface area contributed by atoms with Crippen molar-refractivity contribution in [2.75, 3.05) is 13.2 Å². The first-order valence-corrected chi connectivity index (χ1v) is 7.52. The van der Waals surface area contributed by atoms with Crippen LogP contribution in [0.1, 0.15) is 45.4 Å². The lowest BCUT2D eigenvalue weighted by Gasteiger charge is -2.37. The summed E-state index contributed by atoms with van der Waals surface area (Å²) in [6, 6.07) is 0. The van der Waals surface area contributed by atoms with Crippen molar-refractivity contribution in [2.45, 2.75) is 76.2 Å². The molecule has 1 aliphatic rings. The molecule has 20 heavy (non-hydrogen) atoms. The number of rotatable bonds is 9. The fraction of sp³-hybridized carbons (Fsp3) is 1.00. The number of hydrogen-bond acceptors (Lipinski definition) is 6. The smallest absolute Gasteiger partial charge is 0.158 e. The molecule has 1 fully saturated rings. The van der Waals surface area contributed by atoms with E-state index in [4.69, 9.17) is 14.6 Å². The van der Waals surface area contributed by atoms with Crippen LogP contribution in [0.5, 0.6) is 0 Å². The van der Waals surface area contributed by atoms with Crippen molar-refractivity contribution in [3.63, 3.8) is 0 Å². The lowest BCUT2D eigenvalue weighted by molar-refractivity contribution is -0.281. The molecule has 0 aromatic heterocycles. The molecule has 5 atom stereocenters. The predicted molar refractivity (Wildman–Crippen MR) is 73.1 cm³/mol. The molecule has 0 saturated carbocycles. The van der Waals surface area contributed by atoms with Crippen molar-refractivity contribution in [1.29, 1.82) is 0 Å². The first kappa shape index (κ1) is 17.8. The molecule has 0 spiro atoms. The second-order valence-corrected chi connectivity index (χ2v) is 5.37. The Bertz CT molecular complexity index is 250. The minimum Gasteiger partial charge on any atom is -0.394 e. The Kier molecular flexibility index (Phi) is 8.60. The van der Waals surface area contributed by atoms with Gasteiger partial charge in [-0.1, -0.05) is 32.6 Å². The molecule has 0 aromatic rings. The summed E-state index contributed by atoms with van der Waals surface area (Å²) >= 11 is 0. The SMILES string of the molecule is CCCCCCCC1OC[C@@H](O)[C@H]([C@H](O)[C@@H](O)CO)O1. The summed E-state index contributed by atoms with van der Waals surface area (Å²) in [7, 11) is 0. The normalized spacial score (nSPS) is 30.1. The Labute approximate surface area is 120 Å². The van der Waals surface area contributed by atoms with Gasteiger partial charge in [0.05, 0.1) is 13.2 Å². The van der Waals surface area contributed by atoms with Crippen molar-refractivity contribution >= 4 is 0 Å². The largest absolute Gasteiger partial charge is 0.394 e. The van der Waals surface area contributed by atoms with Crippen molar-refractivity contribution in [3.8, 4) is 0 Å². The van der Waals surface area contributed by atoms with E-state index in [1.54, 1.807) is 0 Å². The van der Waals surface area contributed by atoms with Crippen molar-refractivity contribution < 1.29 is 29.9 Å². The van der Waals surface area contributed by atoms with Crippen LogP contribution in [0.2, 0.25) is 0 Å². The van der Waals surface area contributed by atoms with Gasteiger partial charge in [0.25, 0.3) is 0 Å². The highest BCUT2D eigenvalue weighted by Crippen LogP contribution is 2.22. The average molecular weight is 292 g/mol. The molecule has 0 bridgehead atoms. The van der Waals surface area contributed by atoms with E-state index in [1.165, 1.54) is 19.3 Å². The molecular formula is C14H28O6. The zero-order valence-corrected chi connectivity index (χ0v) is 12.1. The van der Waals surface area contributed by atoms with Crippen molar-refractivity contribution in [1.82, 2.24) is 0 Å². The molecular weight excluding hydrogens is 264 g/mol. The zero-order chi connectivity index (χ0) is 15.0. The number of aliphatic hydroxyl groups excluding tert-OH is 4. The fourth-order valence-electron chi connectivity index (χ4n) is 2.31. The Balaban J connectivity index is 2.33. The first-order chi connectivity index (χ1) is 9.60. The summed E-state index contributed by atoms with van der Waals surface area (Å²) in [4.78, 5) is 0. The third-order valence-electron chi connectivity index (χ3n) is 3.60. The zero-order valence-electron chi connectivity index (χ0n) is 12.1. The van der Waals surface area contributed by atoms with Gasteiger partial charge in [-0.25, -0.2) is 0 Å². The van der Waals surface area contributed by atoms with Gasteiger partial charge in [-0.05, 0) is 12.8 Å². The summed E-state index contributed by atoms with van der Waals surface area (Å²) in [5.74, 6) is 0. The molecule has 1 heterocycles. The van der Waals surface area contributed by atoms with Gasteiger partial charge in [-0.2, -0.15) is 0 Å². The van der Waals surface area contributed by atoms with Crippen molar-refractivity contribution in [3.05, 3.63) is 0 Å². The molecule has 4 N–H and O–H groups in total. The van der Waals surface area contributed by atoms with E-state index in [-0.39, 0.29) is 6.61 Å². The average Bonchev–Trinajstić information content (AvgIpc) is 2.47. The van der Waals surface area contributed by atoms with E-state index in [0.717, 1.165) is 12.8 Å². The van der Waals surface area contributed by atoms with Gasteiger partial charge in [0.2, 0.25) is 0 Å². The van der Waals surface area contributed by atoms with Gasteiger partial charge in [0.15, 0.2) is 6.29 Å². The van der Waals surface area contributed by atoms with Crippen LogP contribution in [0, 0.1) is 0 Å². The maximum absolute atomic E-state index is 9.82. The molecule has 120 valence electrons. The van der Waals surface area contributed by atoms with Gasteiger partial charge in [-0.15, -0.1) is 0 Å². The summed E-state index contributed by atoms with van der Waals surface area (Å²) in [6.07, 6.45) is 1.33. The molecule has 0 amide bonds. The fourth-order valence-corrected chi connectivity index (χ4v) is 2.31. The molecule has 1 rings (SSSR count). The van der Waals surface area contributed by atoms with Crippen LogP contribution in [0.25, 0.3) is 0 Å². The second-order valence-electron chi connectivity index (χ2n) is 5.37. The number of hydrogen-bond donors (Lipinski definition) is 4. The highest BCUT2D eigenvalue weighted by molar-refractivity contribution is 4.84. The van der Waals surface area contributed by atoms with Crippen LogP contribution < -0.4 is 0 Å². The highest BCUT2D eigenvalue weighted by atomic mass is 16.7. The first-order valence-electron chi connectivity index (χ1n) is 7.52. The molecule has 0 aromatic carbocycles. The maximum atomic E-state index is 9.82. The van der Waals surface area contributed by atoms with Gasteiger partial charge in [-0.3, -0.25) is 0 Å². The van der Waals surface area contributed by atoms with Crippen LogP contribution in [0.15, 0.2) is 0 Å². The number of unbranched alkanes of at least 4 members (excludes halogenated alkanes) is 4. The standard InChI is InChI=1S/C14H28O6/c1-2-3-4-5-6-7-12-19-9-11(17)14(20-12)13(18)10(16)8-15/h10-18H,2-9H2,1H3/t10-,11+,12?,13+,14+/m0/s1. The lowest BCUT2D eigenvalue weighted by atomic mass is 10.0. The van der Waals surface area contributed by atoms with Gasteiger partial charge in [0.1, 0.15) is 24.4 Å². The molecule has 0 aliphatic carbocycles. The highest BCUT2D eigenvalue weighted by Gasteiger charge is 2.38. The van der Waals surface area contributed by atoms with Crippen LogP contribution in [0.4, 0.5) is 0 Å². The molecule has 1 aliphatic heterocycles. The third-order valence-corrected chi connectivity index (χ3v) is 3.60. The molecule has 1 unspecified atom stereocenters. The van der Waals surface area contributed by atoms with Gasteiger partial charge in [0, 0.05) is 0 Å². The van der Waals surface area contributed by atoms with E-state index < -0.39 is 37.3 Å². The van der Waals surface area contributed by atoms with E-state index in [2.05, 4.69) is 6.92 Å². The molecule has 6 nitrogen and oxygen atoms in total. The van der Waals surface area contributed by atoms with Crippen LogP contribution in [-0.4, -0.2) is 64.3 Å². The predicted octanol–water partition coefficient (Wildman–Crippen LogP) is 0.163. The Morgan fingerprint density at radius 3 is 2.50 bits per heavy atom. The Morgan fingerprint density at radius 2 is 1.85 bits per heavy atom. The molecule has 0 radical (unpaired) electrons. The topological polar surface area (TPSA) is 99.4 Å².